The lowest BCUT2D eigenvalue weighted by atomic mass is 10.0. The summed E-state index contributed by atoms with van der Waals surface area (Å²) in [5, 5.41) is 10.4. The summed E-state index contributed by atoms with van der Waals surface area (Å²) >= 11 is 1.47. The SMILES string of the molecule is CN1C(=O)[C@H](CCCCN)NC(=O)[C@@H](CCCN)NCc2cc(F)ccc2Sc2ccccc2CNC(=O)[C@@H]1Cc1c[nH]c2ccccc12. The van der Waals surface area contributed by atoms with E-state index in [9.17, 15) is 18.8 Å². The molecule has 12 heteroatoms. The number of hydrogen-bond acceptors (Lipinski definition) is 7. The summed E-state index contributed by atoms with van der Waals surface area (Å²) in [4.78, 5) is 48.8. The number of aromatic amines is 1. The van der Waals surface area contributed by atoms with E-state index in [2.05, 4.69) is 20.9 Å². The summed E-state index contributed by atoms with van der Waals surface area (Å²) in [6.45, 7) is 1.28. The fourth-order valence-electron chi connectivity index (χ4n) is 6.17. The first kappa shape index (κ1) is 36.1. The van der Waals surface area contributed by atoms with E-state index in [1.165, 1.54) is 28.8 Å². The van der Waals surface area contributed by atoms with Gasteiger partial charge in [0.05, 0.1) is 6.04 Å². The Labute approximate surface area is 290 Å². The number of carbonyl (C=O) groups excluding carboxylic acids is 3. The second-order valence-corrected chi connectivity index (χ2v) is 13.5. The van der Waals surface area contributed by atoms with Crippen LogP contribution in [0.2, 0.25) is 0 Å². The quantitative estimate of drug-likeness (QED) is 0.145. The van der Waals surface area contributed by atoms with Crippen LogP contribution in [-0.4, -0.2) is 65.9 Å². The van der Waals surface area contributed by atoms with Crippen LogP contribution >= 0.6 is 11.8 Å². The van der Waals surface area contributed by atoms with Crippen molar-refractivity contribution in [3.8, 4) is 0 Å². The first-order valence-corrected chi connectivity index (χ1v) is 17.7. The number of rotatable bonds is 9. The van der Waals surface area contributed by atoms with E-state index in [4.69, 9.17) is 11.5 Å². The molecule has 0 saturated carbocycles. The molecule has 4 aromatic rings. The second kappa shape index (κ2) is 17.4. The van der Waals surface area contributed by atoms with Crippen molar-refractivity contribution in [2.75, 3.05) is 20.1 Å². The number of aromatic nitrogens is 1. The topological polar surface area (TPSA) is 158 Å². The molecule has 0 spiro atoms. The maximum Gasteiger partial charge on any atom is 0.245 e. The highest BCUT2D eigenvalue weighted by atomic mass is 32.2. The van der Waals surface area contributed by atoms with Crippen LogP contribution in [0, 0.1) is 5.82 Å². The number of H-pyrrole nitrogens is 1. The predicted molar refractivity (Wildman–Crippen MR) is 191 cm³/mol. The fourth-order valence-corrected chi connectivity index (χ4v) is 7.22. The van der Waals surface area contributed by atoms with E-state index in [1.807, 2.05) is 54.7 Å². The van der Waals surface area contributed by atoms with Crippen LogP contribution in [0.5, 0.6) is 0 Å². The summed E-state index contributed by atoms with van der Waals surface area (Å²) < 4.78 is 14.5. The molecule has 3 atom stereocenters. The van der Waals surface area contributed by atoms with Crippen LogP contribution in [0.3, 0.4) is 0 Å². The zero-order chi connectivity index (χ0) is 34.8. The van der Waals surface area contributed by atoms with E-state index < -0.39 is 18.1 Å². The number of halogens is 1. The van der Waals surface area contributed by atoms with E-state index in [-0.39, 0.29) is 43.0 Å². The van der Waals surface area contributed by atoms with Crippen molar-refractivity contribution < 1.29 is 18.8 Å². The number of carbonyl (C=O) groups is 3. The molecular formula is C37H46FN7O3S. The predicted octanol–water partition coefficient (Wildman–Crippen LogP) is 3.97. The highest BCUT2D eigenvalue weighted by molar-refractivity contribution is 7.99. The van der Waals surface area contributed by atoms with E-state index in [0.29, 0.717) is 50.8 Å². The lowest BCUT2D eigenvalue weighted by molar-refractivity contribution is -0.142. The van der Waals surface area contributed by atoms with Crippen molar-refractivity contribution in [1.29, 1.82) is 0 Å². The van der Waals surface area contributed by atoms with Gasteiger partial charge in [-0.25, -0.2) is 4.39 Å². The third kappa shape index (κ3) is 9.27. The second-order valence-electron chi connectivity index (χ2n) is 12.4. The molecule has 0 unspecified atom stereocenters. The Morgan fingerprint density at radius 1 is 0.837 bits per heavy atom. The van der Waals surface area contributed by atoms with E-state index in [0.717, 1.165) is 31.8 Å². The molecule has 1 aliphatic heterocycles. The summed E-state index contributed by atoms with van der Waals surface area (Å²) in [7, 11) is 1.62. The molecule has 10 nitrogen and oxygen atoms in total. The first-order valence-electron chi connectivity index (χ1n) is 16.9. The van der Waals surface area contributed by atoms with Gasteiger partial charge in [-0.05, 0) is 92.2 Å². The lowest BCUT2D eigenvalue weighted by Gasteiger charge is -2.32. The molecule has 0 bridgehead atoms. The van der Waals surface area contributed by atoms with Crippen LogP contribution in [0.25, 0.3) is 10.9 Å². The van der Waals surface area contributed by atoms with Crippen LogP contribution in [0.4, 0.5) is 4.39 Å². The molecule has 260 valence electrons. The van der Waals surface area contributed by atoms with Gasteiger partial charge >= 0.3 is 0 Å². The molecule has 2 heterocycles. The highest BCUT2D eigenvalue weighted by Gasteiger charge is 2.34. The summed E-state index contributed by atoms with van der Waals surface area (Å²) in [5.74, 6) is -1.42. The number of nitrogens with one attached hydrogen (secondary N) is 4. The number of nitrogens with zero attached hydrogens (tertiary/aromatic N) is 1. The molecule has 3 amide bonds. The Morgan fingerprint density at radius 3 is 2.39 bits per heavy atom. The van der Waals surface area contributed by atoms with Crippen LogP contribution in [-0.2, 0) is 33.9 Å². The number of fused-ring (bicyclic) bond motifs is 3. The van der Waals surface area contributed by atoms with Gasteiger partial charge in [-0.15, -0.1) is 0 Å². The normalized spacial score (nSPS) is 19.6. The van der Waals surface area contributed by atoms with Gasteiger partial charge in [-0.1, -0.05) is 48.2 Å². The molecule has 3 aromatic carbocycles. The number of hydrogen-bond donors (Lipinski definition) is 6. The minimum Gasteiger partial charge on any atom is -0.361 e. The van der Waals surface area contributed by atoms with Crippen molar-refractivity contribution in [2.45, 2.75) is 79.5 Å². The zero-order valence-corrected chi connectivity index (χ0v) is 28.7. The minimum absolute atomic E-state index is 0.222. The molecule has 1 aliphatic rings. The molecule has 0 aliphatic carbocycles. The average Bonchev–Trinajstić information content (AvgIpc) is 3.52. The Hall–Kier alpha value is -4.23. The van der Waals surface area contributed by atoms with Crippen LogP contribution in [0.1, 0.15) is 48.8 Å². The van der Waals surface area contributed by atoms with E-state index >= 15 is 0 Å². The maximum atomic E-state index is 14.5. The summed E-state index contributed by atoms with van der Waals surface area (Å²) in [6.07, 6.45) is 4.78. The van der Waals surface area contributed by atoms with Crippen molar-refractivity contribution in [1.82, 2.24) is 25.8 Å². The Balaban J connectivity index is 1.55. The number of likely N-dealkylation sites (N-methyl/N-ethyl adjacent to an activating group) is 1. The molecule has 1 aromatic heterocycles. The molecule has 0 fully saturated rings. The average molecular weight is 688 g/mol. The monoisotopic (exact) mass is 687 g/mol. The fraction of sp³-hybridized carbons (Fsp3) is 0.378. The van der Waals surface area contributed by atoms with Gasteiger partial charge in [0, 0.05) is 53.4 Å². The number of benzene rings is 3. The number of amides is 3. The van der Waals surface area contributed by atoms with Gasteiger partial charge in [-0.3, -0.25) is 14.4 Å². The number of nitrogens with two attached hydrogens (primary N) is 2. The molecule has 0 saturated heterocycles. The minimum atomic E-state index is -0.888. The largest absolute Gasteiger partial charge is 0.361 e. The summed E-state index contributed by atoms with van der Waals surface area (Å²) in [5.41, 5.74) is 15.0. The van der Waals surface area contributed by atoms with E-state index in [1.54, 1.807) is 13.1 Å². The molecule has 0 radical (unpaired) electrons. The van der Waals surface area contributed by atoms with Crippen molar-refractivity contribution in [3.05, 3.63) is 95.4 Å². The van der Waals surface area contributed by atoms with Gasteiger partial charge in [0.15, 0.2) is 0 Å². The van der Waals surface area contributed by atoms with Gasteiger partial charge in [0.1, 0.15) is 17.9 Å². The molecule has 5 rings (SSSR count). The lowest BCUT2D eigenvalue weighted by Crippen LogP contribution is -2.57. The maximum absolute atomic E-state index is 14.5. The number of unbranched alkanes of at least 4 members (excludes halogenated alkanes) is 1. The Kier molecular flexibility index (Phi) is 12.8. The smallest absolute Gasteiger partial charge is 0.245 e. The van der Waals surface area contributed by atoms with Crippen LogP contribution < -0.4 is 27.4 Å². The third-order valence-electron chi connectivity index (χ3n) is 8.99. The standard InChI is InChI=1S/C37H46FN7O3S/c1-45-32(20-25-22-41-29-11-4-3-10-28(25)29)36(47)43-21-24-9-2-5-14-33(24)49-34-16-15-27(38)19-26(34)23-42-30(13-8-18-40)35(46)44-31(37(45)48)12-6-7-17-39/h2-5,9-11,14-16,19,22,30-32,41-42H,6-8,12-13,17-18,20-21,23,39-40H2,1H3,(H,43,47)(H,44,46)/t30-,31+,32+/m1/s1. The Morgan fingerprint density at radius 2 is 1.57 bits per heavy atom. The number of para-hydroxylation sites is 1. The highest BCUT2D eigenvalue weighted by Crippen LogP contribution is 2.33. The van der Waals surface area contributed by atoms with Crippen molar-refractivity contribution >= 4 is 40.4 Å². The Bertz CT molecular complexity index is 1750. The molecule has 49 heavy (non-hydrogen) atoms. The molecular weight excluding hydrogens is 642 g/mol. The zero-order valence-electron chi connectivity index (χ0n) is 27.8. The van der Waals surface area contributed by atoms with Crippen molar-refractivity contribution in [3.63, 3.8) is 0 Å². The van der Waals surface area contributed by atoms with Crippen LogP contribution in [0.15, 0.2) is 82.7 Å². The molecule has 8 N–H and O–H groups in total. The first-order chi connectivity index (χ1) is 23.8. The van der Waals surface area contributed by atoms with Crippen molar-refractivity contribution in [2.24, 2.45) is 11.5 Å². The third-order valence-corrected chi connectivity index (χ3v) is 10.2. The van der Waals surface area contributed by atoms with Gasteiger partial charge in [0.2, 0.25) is 17.7 Å². The van der Waals surface area contributed by atoms with Gasteiger partial charge < -0.3 is 37.3 Å². The summed E-state index contributed by atoms with van der Waals surface area (Å²) in [6, 6.07) is 17.7. The van der Waals surface area contributed by atoms with Gasteiger partial charge in [0.25, 0.3) is 0 Å². The van der Waals surface area contributed by atoms with Gasteiger partial charge in [-0.2, -0.15) is 0 Å².